The number of likely N-dealkylation sites (N-methyl/N-ethyl adjacent to an activating group) is 1. The van der Waals surface area contributed by atoms with Crippen molar-refractivity contribution in [1.82, 2.24) is 10.3 Å². The van der Waals surface area contributed by atoms with Crippen LogP contribution in [-0.2, 0) is 11.3 Å². The largest absolute Gasteiger partial charge is 0.334 e. The Balaban J connectivity index is 0.00000306. The Hall–Kier alpha value is -2.84. The average Bonchev–Trinajstić information content (AvgIpc) is 2.78. The Bertz CT molecular complexity index is 1190. The highest BCUT2D eigenvalue weighted by atomic mass is 35.5. The number of aromatic nitrogens is 1. The fourth-order valence-corrected chi connectivity index (χ4v) is 3.77. The number of halogens is 3. The SMILES string of the molecule is CN[C@@H](C)C(=O)Nc1ccc2c(n1)CN(c1cccc(Cl)c1)C(=O)N2c1cccc(Cl)c1.Cl. The monoisotopic (exact) mass is 505 g/mol. The number of rotatable bonds is 5. The number of hydrogen-bond donors (Lipinski definition) is 2. The van der Waals surface area contributed by atoms with Gasteiger partial charge in [0, 0.05) is 15.7 Å². The van der Waals surface area contributed by atoms with Crippen LogP contribution in [0.25, 0.3) is 0 Å². The van der Waals surface area contributed by atoms with Crippen LogP contribution in [0.2, 0.25) is 10.0 Å². The number of nitrogens with zero attached hydrogens (tertiary/aromatic N) is 3. The molecule has 0 unspecified atom stereocenters. The maximum Gasteiger partial charge on any atom is 0.334 e. The lowest BCUT2D eigenvalue weighted by Crippen LogP contribution is -2.45. The zero-order valence-electron chi connectivity index (χ0n) is 17.9. The van der Waals surface area contributed by atoms with Crippen molar-refractivity contribution in [2.75, 3.05) is 22.2 Å². The highest BCUT2D eigenvalue weighted by Gasteiger charge is 2.34. The van der Waals surface area contributed by atoms with Crippen LogP contribution in [0.3, 0.4) is 0 Å². The first-order valence-corrected chi connectivity index (χ1v) is 10.7. The molecular formula is C23H22Cl3N5O2. The molecule has 3 aromatic rings. The Morgan fingerprint density at radius 2 is 1.67 bits per heavy atom. The number of pyridine rings is 1. The second-order valence-electron chi connectivity index (χ2n) is 7.33. The van der Waals surface area contributed by atoms with Crippen molar-refractivity contribution in [3.8, 4) is 0 Å². The van der Waals surface area contributed by atoms with Crippen LogP contribution in [0.15, 0.2) is 60.7 Å². The number of anilines is 4. The Kier molecular flexibility index (Phi) is 7.81. The predicted octanol–water partition coefficient (Wildman–Crippen LogP) is 5.63. The summed E-state index contributed by atoms with van der Waals surface area (Å²) in [4.78, 5) is 33.6. The second-order valence-corrected chi connectivity index (χ2v) is 8.20. The Morgan fingerprint density at radius 1 is 1.03 bits per heavy atom. The maximum absolute atomic E-state index is 13.6. The smallest absolute Gasteiger partial charge is 0.309 e. The summed E-state index contributed by atoms with van der Waals surface area (Å²) in [5.74, 6) is 0.201. The molecule has 1 atom stereocenters. The van der Waals surface area contributed by atoms with Gasteiger partial charge in [0.15, 0.2) is 0 Å². The molecule has 2 heterocycles. The third-order valence-corrected chi connectivity index (χ3v) is 5.66. The molecule has 2 aromatic carbocycles. The van der Waals surface area contributed by atoms with E-state index in [1.54, 1.807) is 78.4 Å². The third kappa shape index (κ3) is 5.23. The van der Waals surface area contributed by atoms with Gasteiger partial charge in [-0.05, 0) is 62.5 Å². The zero-order valence-corrected chi connectivity index (χ0v) is 20.2. The fourth-order valence-electron chi connectivity index (χ4n) is 3.40. The van der Waals surface area contributed by atoms with Crippen LogP contribution >= 0.6 is 35.6 Å². The number of carbonyl (C=O) groups excluding carboxylic acids is 2. The van der Waals surface area contributed by atoms with Crippen LogP contribution < -0.4 is 20.4 Å². The lowest BCUT2D eigenvalue weighted by molar-refractivity contribution is -0.117. The van der Waals surface area contributed by atoms with Gasteiger partial charge in [0.1, 0.15) is 5.82 Å². The van der Waals surface area contributed by atoms with Gasteiger partial charge in [-0.1, -0.05) is 35.3 Å². The lowest BCUT2D eigenvalue weighted by atomic mass is 10.1. The van der Waals surface area contributed by atoms with Crippen LogP contribution in [0.5, 0.6) is 0 Å². The number of carbonyl (C=O) groups is 2. The summed E-state index contributed by atoms with van der Waals surface area (Å²) in [6.07, 6.45) is 0. The molecule has 0 saturated carbocycles. The number of fused-ring (bicyclic) bond motifs is 1. The molecule has 33 heavy (non-hydrogen) atoms. The van der Waals surface area contributed by atoms with Gasteiger partial charge < -0.3 is 10.6 Å². The van der Waals surface area contributed by atoms with E-state index in [4.69, 9.17) is 23.2 Å². The van der Waals surface area contributed by atoms with Crippen molar-refractivity contribution < 1.29 is 9.59 Å². The first-order valence-electron chi connectivity index (χ1n) is 9.98. The zero-order chi connectivity index (χ0) is 22.8. The number of hydrogen-bond acceptors (Lipinski definition) is 4. The molecule has 0 fully saturated rings. The highest BCUT2D eigenvalue weighted by Crippen LogP contribution is 2.38. The molecule has 0 saturated heterocycles. The van der Waals surface area contributed by atoms with Crippen molar-refractivity contribution in [2.24, 2.45) is 0 Å². The van der Waals surface area contributed by atoms with E-state index in [0.717, 1.165) is 0 Å². The van der Waals surface area contributed by atoms with Crippen LogP contribution in [0, 0.1) is 0 Å². The van der Waals surface area contributed by atoms with E-state index in [9.17, 15) is 9.59 Å². The number of nitrogens with one attached hydrogen (secondary N) is 2. The normalized spacial score (nSPS) is 13.8. The Labute approximate surface area is 208 Å². The highest BCUT2D eigenvalue weighted by molar-refractivity contribution is 6.31. The third-order valence-electron chi connectivity index (χ3n) is 5.18. The first kappa shape index (κ1) is 24.8. The minimum absolute atomic E-state index is 0. The Morgan fingerprint density at radius 3 is 2.30 bits per heavy atom. The summed E-state index contributed by atoms with van der Waals surface area (Å²) in [5, 5.41) is 6.73. The molecule has 1 aromatic heterocycles. The van der Waals surface area contributed by atoms with Gasteiger partial charge in [0.05, 0.1) is 29.7 Å². The average molecular weight is 507 g/mol. The van der Waals surface area contributed by atoms with E-state index >= 15 is 0 Å². The molecule has 0 aliphatic carbocycles. The molecule has 172 valence electrons. The molecule has 4 rings (SSSR count). The quantitative estimate of drug-likeness (QED) is 0.470. The number of urea groups is 1. The van der Waals surface area contributed by atoms with Gasteiger partial charge in [-0.2, -0.15) is 0 Å². The van der Waals surface area contributed by atoms with Gasteiger partial charge in [0.25, 0.3) is 0 Å². The van der Waals surface area contributed by atoms with E-state index in [2.05, 4.69) is 15.6 Å². The molecule has 7 nitrogen and oxygen atoms in total. The lowest BCUT2D eigenvalue weighted by Gasteiger charge is -2.36. The molecule has 1 aliphatic rings. The minimum atomic E-state index is -0.375. The molecule has 2 N–H and O–H groups in total. The summed E-state index contributed by atoms with van der Waals surface area (Å²) in [5.41, 5.74) is 2.49. The molecule has 0 spiro atoms. The van der Waals surface area contributed by atoms with Gasteiger partial charge >= 0.3 is 6.03 Å². The van der Waals surface area contributed by atoms with E-state index in [1.807, 2.05) is 6.07 Å². The van der Waals surface area contributed by atoms with Gasteiger partial charge in [-0.15, -0.1) is 12.4 Å². The van der Waals surface area contributed by atoms with Crippen molar-refractivity contribution in [2.45, 2.75) is 19.5 Å². The van der Waals surface area contributed by atoms with E-state index < -0.39 is 0 Å². The summed E-state index contributed by atoms with van der Waals surface area (Å²) in [6, 6.07) is 16.9. The van der Waals surface area contributed by atoms with Crippen LogP contribution in [-0.4, -0.2) is 30.0 Å². The molecule has 1 aliphatic heterocycles. The standard InChI is InChI=1S/C23H21Cl2N5O2.ClH/c1-14(26-2)22(31)28-21-10-9-20-19(27-21)13-29(17-7-3-5-15(24)11-17)23(32)30(20)18-8-4-6-16(25)12-18;/h3-12,14,26H,13H2,1-2H3,(H,27,28,31);1H/t14-;/m0./s1. The van der Waals surface area contributed by atoms with Crippen LogP contribution in [0.1, 0.15) is 12.6 Å². The van der Waals surface area contributed by atoms with Crippen molar-refractivity contribution in [3.05, 3.63) is 76.4 Å². The van der Waals surface area contributed by atoms with Crippen LogP contribution in [0.4, 0.5) is 27.7 Å². The van der Waals surface area contributed by atoms with E-state index in [1.165, 1.54) is 0 Å². The second kappa shape index (κ2) is 10.4. The molecule has 0 radical (unpaired) electrons. The fraction of sp³-hybridized carbons (Fsp3) is 0.174. The molecule has 10 heteroatoms. The summed E-state index contributed by atoms with van der Waals surface area (Å²) < 4.78 is 0. The maximum atomic E-state index is 13.6. The summed E-state index contributed by atoms with van der Waals surface area (Å²) >= 11 is 12.4. The van der Waals surface area contributed by atoms with Gasteiger partial charge in [-0.25, -0.2) is 9.78 Å². The minimum Gasteiger partial charge on any atom is -0.309 e. The van der Waals surface area contributed by atoms with Gasteiger partial charge in [0.2, 0.25) is 5.91 Å². The molecule has 3 amide bonds. The topological polar surface area (TPSA) is 77.6 Å². The first-order chi connectivity index (χ1) is 15.4. The number of amides is 3. The predicted molar refractivity (Wildman–Crippen MR) is 135 cm³/mol. The van der Waals surface area contributed by atoms with E-state index in [0.29, 0.717) is 38.6 Å². The number of benzene rings is 2. The van der Waals surface area contributed by atoms with Crippen molar-refractivity contribution in [1.29, 1.82) is 0 Å². The molecular weight excluding hydrogens is 485 g/mol. The summed E-state index contributed by atoms with van der Waals surface area (Å²) in [7, 11) is 1.71. The van der Waals surface area contributed by atoms with E-state index in [-0.39, 0.29) is 36.9 Å². The van der Waals surface area contributed by atoms with Crippen molar-refractivity contribution >= 4 is 70.4 Å². The van der Waals surface area contributed by atoms with Gasteiger partial charge in [-0.3, -0.25) is 14.6 Å². The molecule has 0 bridgehead atoms. The summed E-state index contributed by atoms with van der Waals surface area (Å²) in [6.45, 7) is 1.98. The van der Waals surface area contributed by atoms with Crippen molar-refractivity contribution in [3.63, 3.8) is 0 Å².